The van der Waals surface area contributed by atoms with E-state index >= 15 is 0 Å². The summed E-state index contributed by atoms with van der Waals surface area (Å²) in [6.07, 6.45) is -2.52. The third-order valence-corrected chi connectivity index (χ3v) is 3.42. The quantitative estimate of drug-likeness (QED) is 0.663. The predicted molar refractivity (Wildman–Crippen MR) is 61.9 cm³/mol. The largest absolute Gasteiger partial charge is 0.416 e. The van der Waals surface area contributed by atoms with E-state index in [9.17, 15) is 13.2 Å². The van der Waals surface area contributed by atoms with Gasteiger partial charge in [-0.2, -0.15) is 13.2 Å². The number of alkyl halides is 3. The average Bonchev–Trinajstić information content (AvgIpc) is 3.04. The van der Waals surface area contributed by atoms with Gasteiger partial charge in [0.25, 0.3) is 0 Å². The van der Waals surface area contributed by atoms with Crippen LogP contribution in [0.3, 0.4) is 0 Å². The Hall–Kier alpha value is -0.590. The van der Waals surface area contributed by atoms with E-state index in [-0.39, 0.29) is 11.5 Å². The maximum Gasteiger partial charge on any atom is 0.416 e. The second-order valence-corrected chi connectivity index (χ2v) is 5.13. The second-order valence-electron chi connectivity index (χ2n) is 4.21. The minimum atomic E-state index is -4.36. The van der Waals surface area contributed by atoms with Gasteiger partial charge < -0.3 is 0 Å². The average molecular weight is 309 g/mol. The van der Waals surface area contributed by atoms with Crippen molar-refractivity contribution in [1.82, 2.24) is 5.43 Å². The highest BCUT2D eigenvalue weighted by molar-refractivity contribution is 9.10. The summed E-state index contributed by atoms with van der Waals surface area (Å²) in [6, 6.07) is 3.77. The maximum absolute atomic E-state index is 12.9. The molecule has 1 unspecified atom stereocenters. The first-order valence-corrected chi connectivity index (χ1v) is 6.05. The normalized spacial score (nSPS) is 18.2. The van der Waals surface area contributed by atoms with Crippen LogP contribution in [0.5, 0.6) is 0 Å². The molecule has 1 fully saturated rings. The summed E-state index contributed by atoms with van der Waals surface area (Å²) < 4.78 is 39.2. The van der Waals surface area contributed by atoms with Crippen LogP contribution in [0.15, 0.2) is 22.7 Å². The number of nitrogens with two attached hydrogens (primary N) is 1. The molecule has 0 saturated heterocycles. The topological polar surface area (TPSA) is 38.0 Å². The van der Waals surface area contributed by atoms with Gasteiger partial charge in [-0.25, -0.2) is 0 Å². The van der Waals surface area contributed by atoms with Gasteiger partial charge in [-0.05, 0) is 36.5 Å². The van der Waals surface area contributed by atoms with Crippen molar-refractivity contribution in [2.24, 2.45) is 11.8 Å². The van der Waals surface area contributed by atoms with Crippen LogP contribution >= 0.6 is 15.9 Å². The monoisotopic (exact) mass is 308 g/mol. The van der Waals surface area contributed by atoms with Gasteiger partial charge in [0.05, 0.1) is 5.56 Å². The third kappa shape index (κ3) is 2.81. The fraction of sp³-hybridized carbons (Fsp3) is 0.455. The molecule has 17 heavy (non-hydrogen) atoms. The van der Waals surface area contributed by atoms with Gasteiger partial charge in [0.15, 0.2) is 0 Å². The molecule has 0 spiro atoms. The van der Waals surface area contributed by atoms with E-state index in [4.69, 9.17) is 5.84 Å². The van der Waals surface area contributed by atoms with E-state index < -0.39 is 17.8 Å². The van der Waals surface area contributed by atoms with Crippen LogP contribution in [0.4, 0.5) is 13.2 Å². The summed E-state index contributed by atoms with van der Waals surface area (Å²) in [5, 5.41) is 0. The lowest BCUT2D eigenvalue weighted by Crippen LogP contribution is -2.31. The number of hydrogen-bond donors (Lipinski definition) is 2. The molecule has 1 aliphatic carbocycles. The number of hydrogen-bond acceptors (Lipinski definition) is 2. The summed E-state index contributed by atoms with van der Waals surface area (Å²) in [7, 11) is 0. The van der Waals surface area contributed by atoms with Gasteiger partial charge in [-0.3, -0.25) is 11.3 Å². The van der Waals surface area contributed by atoms with E-state index in [2.05, 4.69) is 21.4 Å². The molecule has 6 heteroatoms. The molecular formula is C11H12BrF3N2. The highest BCUT2D eigenvalue weighted by atomic mass is 79.9. The molecule has 0 aliphatic heterocycles. The molecule has 1 aliphatic rings. The summed E-state index contributed by atoms with van der Waals surface area (Å²) in [5.74, 6) is 5.58. The fourth-order valence-corrected chi connectivity index (χ4v) is 2.32. The number of nitrogens with one attached hydrogen (secondary N) is 1. The molecule has 2 nitrogen and oxygen atoms in total. The molecule has 2 rings (SSSR count). The highest BCUT2D eigenvalue weighted by Crippen LogP contribution is 2.45. The van der Waals surface area contributed by atoms with Crippen LogP contribution in [0.1, 0.15) is 30.0 Å². The molecule has 1 atom stereocenters. The number of halogens is 4. The summed E-state index contributed by atoms with van der Waals surface area (Å²) in [6.45, 7) is 0. The molecule has 1 aromatic rings. The van der Waals surface area contributed by atoms with Crippen LogP contribution in [0, 0.1) is 5.92 Å². The van der Waals surface area contributed by atoms with Crippen molar-refractivity contribution in [1.29, 1.82) is 0 Å². The molecule has 0 heterocycles. The van der Waals surface area contributed by atoms with E-state index in [0.717, 1.165) is 18.9 Å². The van der Waals surface area contributed by atoms with Crippen molar-refractivity contribution in [3.63, 3.8) is 0 Å². The smallest absolute Gasteiger partial charge is 0.271 e. The molecule has 0 bridgehead atoms. The van der Waals surface area contributed by atoms with E-state index in [1.54, 1.807) is 6.07 Å². The van der Waals surface area contributed by atoms with Crippen LogP contribution in [-0.2, 0) is 6.18 Å². The summed E-state index contributed by atoms with van der Waals surface area (Å²) in [4.78, 5) is 0. The number of hydrazine groups is 1. The zero-order chi connectivity index (χ0) is 12.6. The predicted octanol–water partition coefficient (Wildman–Crippen LogP) is 3.38. The molecular weight excluding hydrogens is 297 g/mol. The molecule has 0 radical (unpaired) electrons. The van der Waals surface area contributed by atoms with Crippen LogP contribution in [0.25, 0.3) is 0 Å². The zero-order valence-electron chi connectivity index (χ0n) is 8.89. The van der Waals surface area contributed by atoms with Gasteiger partial charge >= 0.3 is 6.18 Å². The minimum absolute atomic E-state index is 0.210. The fourth-order valence-electron chi connectivity index (χ4n) is 1.95. The Bertz CT molecular complexity index is 416. The van der Waals surface area contributed by atoms with Gasteiger partial charge in [0.2, 0.25) is 0 Å². The Balaban J connectivity index is 2.44. The van der Waals surface area contributed by atoms with Crippen LogP contribution in [0.2, 0.25) is 0 Å². The van der Waals surface area contributed by atoms with Crippen LogP contribution < -0.4 is 11.3 Å². The number of rotatable bonds is 3. The summed E-state index contributed by atoms with van der Waals surface area (Å²) in [5.41, 5.74) is 2.10. The molecule has 1 saturated carbocycles. The van der Waals surface area contributed by atoms with E-state index in [1.165, 1.54) is 6.07 Å². The second kappa shape index (κ2) is 4.59. The first kappa shape index (κ1) is 12.9. The van der Waals surface area contributed by atoms with E-state index in [0.29, 0.717) is 4.47 Å². The molecule has 0 aromatic heterocycles. The molecule has 94 valence electrons. The van der Waals surface area contributed by atoms with Crippen molar-refractivity contribution in [3.8, 4) is 0 Å². The Labute approximate surface area is 105 Å². The lowest BCUT2D eigenvalue weighted by molar-refractivity contribution is -0.138. The first-order valence-electron chi connectivity index (χ1n) is 5.26. The lowest BCUT2D eigenvalue weighted by Gasteiger charge is -2.21. The van der Waals surface area contributed by atoms with Crippen molar-refractivity contribution < 1.29 is 13.2 Å². The van der Waals surface area contributed by atoms with Crippen molar-refractivity contribution in [3.05, 3.63) is 33.8 Å². The van der Waals surface area contributed by atoms with Gasteiger partial charge in [0, 0.05) is 10.5 Å². The minimum Gasteiger partial charge on any atom is -0.271 e. The van der Waals surface area contributed by atoms with E-state index in [1.807, 2.05) is 0 Å². The Kier molecular flexibility index (Phi) is 3.47. The van der Waals surface area contributed by atoms with Gasteiger partial charge in [-0.1, -0.05) is 22.0 Å². The third-order valence-electron chi connectivity index (χ3n) is 2.93. The number of benzene rings is 1. The standard InChI is InChI=1S/C11H12BrF3N2/c12-7-3-4-8(9(5-7)11(13,14)15)10(17-16)6-1-2-6/h3-6,10,17H,1-2,16H2. The molecule has 1 aromatic carbocycles. The first-order chi connectivity index (χ1) is 7.93. The zero-order valence-corrected chi connectivity index (χ0v) is 10.5. The Morgan fingerprint density at radius 3 is 2.47 bits per heavy atom. The highest BCUT2D eigenvalue weighted by Gasteiger charge is 2.39. The maximum atomic E-state index is 12.9. The molecule has 0 amide bonds. The van der Waals surface area contributed by atoms with Gasteiger partial charge in [0.1, 0.15) is 0 Å². The lowest BCUT2D eigenvalue weighted by atomic mass is 9.97. The Morgan fingerprint density at radius 2 is 2.00 bits per heavy atom. The van der Waals surface area contributed by atoms with Crippen molar-refractivity contribution in [2.45, 2.75) is 25.1 Å². The Morgan fingerprint density at radius 1 is 1.35 bits per heavy atom. The van der Waals surface area contributed by atoms with Crippen LogP contribution in [-0.4, -0.2) is 0 Å². The van der Waals surface area contributed by atoms with Crippen molar-refractivity contribution >= 4 is 15.9 Å². The van der Waals surface area contributed by atoms with Crippen molar-refractivity contribution in [2.75, 3.05) is 0 Å². The SMILES string of the molecule is NNC(c1ccc(Br)cc1C(F)(F)F)C1CC1. The molecule has 3 N–H and O–H groups in total. The van der Waals surface area contributed by atoms with Gasteiger partial charge in [-0.15, -0.1) is 0 Å². The summed E-state index contributed by atoms with van der Waals surface area (Å²) >= 11 is 3.06.